The first-order chi connectivity index (χ1) is 11.3. The van der Waals surface area contributed by atoms with Gasteiger partial charge in [-0.3, -0.25) is 11.7 Å². The van der Waals surface area contributed by atoms with Crippen molar-refractivity contribution < 1.29 is 0 Å². The third kappa shape index (κ3) is 3.65. The van der Waals surface area contributed by atoms with Gasteiger partial charge in [-0.1, -0.05) is 0 Å². The van der Waals surface area contributed by atoms with Crippen molar-refractivity contribution in [2.45, 2.75) is 0 Å². The predicted octanol–water partition coefficient (Wildman–Crippen LogP) is 1.76. The summed E-state index contributed by atoms with van der Waals surface area (Å²) in [6.07, 6.45) is 5.29. The topological polar surface area (TPSA) is 123 Å². The molecule has 0 unspecified atom stereocenters. The second kappa shape index (κ2) is 7.61. The van der Waals surface area contributed by atoms with Crippen LogP contribution < -0.4 is 22.4 Å². The number of hydrazine groups is 1. The van der Waals surface area contributed by atoms with Gasteiger partial charge in [-0.2, -0.15) is 5.26 Å². The Hall–Kier alpha value is -3.34. The lowest BCUT2D eigenvalue weighted by Gasteiger charge is -2.25. The number of nitriles is 1. The number of imidazole rings is 1. The molecule has 0 radical (unpaired) electrons. The van der Waals surface area contributed by atoms with E-state index < -0.39 is 0 Å². The molecule has 3 aromatic rings. The highest BCUT2D eigenvalue weighted by Gasteiger charge is 2.11. The molecular formula is C16H17N7. The van der Waals surface area contributed by atoms with E-state index in [4.69, 9.17) is 11.0 Å². The van der Waals surface area contributed by atoms with Gasteiger partial charge >= 0.3 is 0 Å². The van der Waals surface area contributed by atoms with Gasteiger partial charge in [-0.05, 0) is 48.5 Å². The first-order valence-electron chi connectivity index (χ1n) is 6.75. The second-order valence-electron chi connectivity index (χ2n) is 4.50. The molecule has 0 saturated heterocycles. The van der Waals surface area contributed by atoms with E-state index >= 15 is 0 Å². The zero-order valence-electron chi connectivity index (χ0n) is 12.4. The van der Waals surface area contributed by atoms with E-state index in [9.17, 15) is 0 Å². The Labute approximate surface area is 134 Å². The molecule has 23 heavy (non-hydrogen) atoms. The maximum absolute atomic E-state index is 8.91. The van der Waals surface area contributed by atoms with E-state index in [2.05, 4.69) is 22.7 Å². The third-order valence-corrected chi connectivity index (χ3v) is 3.10. The van der Waals surface area contributed by atoms with Crippen LogP contribution in [0.25, 0.3) is 0 Å². The molecule has 1 aromatic heterocycles. The van der Waals surface area contributed by atoms with Crippen molar-refractivity contribution >= 4 is 17.1 Å². The Bertz CT molecular complexity index is 756. The highest BCUT2D eigenvalue weighted by molar-refractivity contribution is 5.65. The van der Waals surface area contributed by atoms with E-state index in [0.29, 0.717) is 11.3 Å². The van der Waals surface area contributed by atoms with E-state index in [1.165, 1.54) is 0 Å². The van der Waals surface area contributed by atoms with E-state index in [1.807, 2.05) is 52.3 Å². The summed E-state index contributed by atoms with van der Waals surface area (Å²) in [7, 11) is 0. The van der Waals surface area contributed by atoms with E-state index in [1.54, 1.807) is 24.7 Å². The monoisotopic (exact) mass is 307 g/mol. The number of hydrogen-bond donors (Lipinski definition) is 3. The van der Waals surface area contributed by atoms with E-state index in [-0.39, 0.29) is 0 Å². The molecule has 0 atom stereocenters. The molecule has 2 aromatic carbocycles. The normalized spacial score (nSPS) is 9.43. The number of nitrogen functional groups attached to an aromatic ring is 1. The summed E-state index contributed by atoms with van der Waals surface area (Å²) in [4.78, 5) is 4.09. The molecule has 0 aliphatic carbocycles. The molecule has 116 valence electrons. The van der Waals surface area contributed by atoms with Gasteiger partial charge in [0.1, 0.15) is 6.33 Å². The van der Waals surface area contributed by atoms with Crippen LogP contribution in [0, 0.1) is 11.3 Å². The summed E-state index contributed by atoms with van der Waals surface area (Å²) in [6.45, 7) is 0. The number of benzene rings is 2. The van der Waals surface area contributed by atoms with Crippen molar-refractivity contribution in [3.05, 3.63) is 72.8 Å². The minimum absolute atomic E-state index is 0.627. The summed E-state index contributed by atoms with van der Waals surface area (Å²) in [5.41, 5.74) is 8.97. The minimum atomic E-state index is 0.627. The molecule has 6 N–H and O–H groups in total. The highest BCUT2D eigenvalue weighted by atomic mass is 15.6. The average Bonchev–Trinajstić information content (AvgIpc) is 3.13. The Balaban J connectivity index is 0.000000924. The molecule has 0 spiro atoms. The first-order valence-corrected chi connectivity index (χ1v) is 6.75. The van der Waals surface area contributed by atoms with Crippen molar-refractivity contribution in [1.29, 1.82) is 5.26 Å². The van der Waals surface area contributed by atoms with Crippen LogP contribution >= 0.6 is 0 Å². The van der Waals surface area contributed by atoms with Gasteiger partial charge < -0.3 is 5.73 Å². The van der Waals surface area contributed by atoms with Gasteiger partial charge in [0, 0.05) is 18.1 Å². The lowest BCUT2D eigenvalue weighted by Crippen LogP contribution is -2.22. The molecule has 0 aliphatic heterocycles. The van der Waals surface area contributed by atoms with E-state index in [0.717, 1.165) is 11.4 Å². The van der Waals surface area contributed by atoms with Crippen molar-refractivity contribution in [2.75, 3.05) is 10.7 Å². The van der Waals surface area contributed by atoms with Crippen LogP contribution in [0.3, 0.4) is 0 Å². The molecular weight excluding hydrogens is 290 g/mol. The minimum Gasteiger partial charge on any atom is -0.399 e. The van der Waals surface area contributed by atoms with Gasteiger partial charge in [0.2, 0.25) is 0 Å². The zero-order valence-corrected chi connectivity index (χ0v) is 12.4. The first kappa shape index (κ1) is 16.0. The second-order valence-corrected chi connectivity index (χ2v) is 4.50. The third-order valence-electron chi connectivity index (χ3n) is 3.10. The van der Waals surface area contributed by atoms with Crippen molar-refractivity contribution in [3.63, 3.8) is 0 Å². The van der Waals surface area contributed by atoms with Gasteiger partial charge in [-0.25, -0.2) is 14.7 Å². The summed E-state index contributed by atoms with van der Waals surface area (Å²) >= 11 is 0. The fourth-order valence-corrected chi connectivity index (χ4v) is 2.08. The molecule has 1 heterocycles. The van der Waals surface area contributed by atoms with Gasteiger partial charge in [0.15, 0.2) is 0 Å². The maximum atomic E-state index is 8.91. The number of aromatic nitrogens is 2. The summed E-state index contributed by atoms with van der Waals surface area (Å²) < 4.78 is 1.87. The Kier molecular flexibility index (Phi) is 5.30. The summed E-state index contributed by atoms with van der Waals surface area (Å²) in [5.74, 6) is 8.00. The Morgan fingerprint density at radius 3 is 2.00 bits per heavy atom. The summed E-state index contributed by atoms with van der Waals surface area (Å²) in [6, 6.07) is 17.1. The Morgan fingerprint density at radius 1 is 0.957 bits per heavy atom. The molecule has 0 fully saturated rings. The zero-order chi connectivity index (χ0) is 16.7. The quantitative estimate of drug-likeness (QED) is 0.385. The maximum Gasteiger partial charge on any atom is 0.115 e. The number of nitrogens with two attached hydrogens (primary N) is 3. The van der Waals surface area contributed by atoms with Crippen molar-refractivity contribution in [1.82, 2.24) is 9.66 Å². The van der Waals surface area contributed by atoms with Gasteiger partial charge in [-0.15, -0.1) is 0 Å². The van der Waals surface area contributed by atoms with Crippen LogP contribution in [-0.4, -0.2) is 9.66 Å². The van der Waals surface area contributed by atoms with Crippen LogP contribution in [0.5, 0.6) is 0 Å². The van der Waals surface area contributed by atoms with Crippen LogP contribution in [0.15, 0.2) is 67.3 Å². The van der Waals surface area contributed by atoms with Gasteiger partial charge in [0.25, 0.3) is 0 Å². The Morgan fingerprint density at radius 2 is 1.52 bits per heavy atom. The average molecular weight is 307 g/mol. The highest BCUT2D eigenvalue weighted by Crippen LogP contribution is 2.27. The largest absolute Gasteiger partial charge is 0.399 e. The SMILES string of the molecule is N#Cc1ccc(N(c2ccc(N)cc2)n2ccnc2)cc1.NN. The molecule has 0 aliphatic rings. The number of anilines is 3. The molecule has 3 rings (SSSR count). The lowest BCUT2D eigenvalue weighted by molar-refractivity contribution is 0.814. The standard InChI is InChI=1S/C16H13N5.H4N2/c17-11-13-1-5-15(6-2-13)21(20-10-9-19-12-20)16-7-3-14(18)4-8-16;1-2/h1-10,12H,18H2;1-2H2. The van der Waals surface area contributed by atoms with Crippen LogP contribution in [-0.2, 0) is 0 Å². The van der Waals surface area contributed by atoms with Crippen LogP contribution in [0.1, 0.15) is 5.56 Å². The molecule has 7 heteroatoms. The van der Waals surface area contributed by atoms with Crippen LogP contribution in [0.4, 0.5) is 17.1 Å². The van der Waals surface area contributed by atoms with Crippen molar-refractivity contribution in [3.8, 4) is 6.07 Å². The fraction of sp³-hybridized carbons (Fsp3) is 0. The predicted molar refractivity (Wildman–Crippen MR) is 90.2 cm³/mol. The molecule has 7 nitrogen and oxygen atoms in total. The molecule has 0 bridgehead atoms. The molecule has 0 amide bonds. The number of rotatable bonds is 3. The van der Waals surface area contributed by atoms with Gasteiger partial charge in [0.05, 0.1) is 23.0 Å². The summed E-state index contributed by atoms with van der Waals surface area (Å²) in [5, 5.41) is 10.9. The molecule has 0 saturated carbocycles. The van der Waals surface area contributed by atoms with Crippen molar-refractivity contribution in [2.24, 2.45) is 11.7 Å². The number of hydrogen-bond acceptors (Lipinski definition) is 6. The van der Waals surface area contributed by atoms with Crippen LogP contribution in [0.2, 0.25) is 0 Å². The lowest BCUT2D eigenvalue weighted by atomic mass is 10.2. The fourth-order valence-electron chi connectivity index (χ4n) is 2.08. The smallest absolute Gasteiger partial charge is 0.115 e. The number of nitrogens with zero attached hydrogens (tertiary/aromatic N) is 4.